The number of benzene rings is 3. The van der Waals surface area contributed by atoms with E-state index in [4.69, 9.17) is 4.74 Å². The van der Waals surface area contributed by atoms with Crippen molar-refractivity contribution in [2.75, 3.05) is 13.7 Å². The van der Waals surface area contributed by atoms with Gasteiger partial charge in [0.1, 0.15) is 5.75 Å². The summed E-state index contributed by atoms with van der Waals surface area (Å²) in [7, 11) is 1.58. The molecule has 3 aromatic carbocycles. The second kappa shape index (κ2) is 9.99. The van der Waals surface area contributed by atoms with E-state index in [1.54, 1.807) is 67.8 Å². The molecule has 8 heteroatoms. The van der Waals surface area contributed by atoms with E-state index in [1.807, 2.05) is 12.1 Å². The topological polar surface area (TPSA) is 105 Å². The van der Waals surface area contributed by atoms with Gasteiger partial charge in [0, 0.05) is 12.1 Å². The van der Waals surface area contributed by atoms with Gasteiger partial charge in [0.05, 0.1) is 31.3 Å². The minimum absolute atomic E-state index is 0.0514. The number of carbonyl (C=O) groups excluding carboxylic acids is 4. The third-order valence-corrected chi connectivity index (χ3v) is 5.47. The molecule has 0 radical (unpaired) electrons. The number of nitrogens with zero attached hydrogens (tertiary/aromatic N) is 1. The monoisotopic (exact) mass is 457 g/mol. The van der Waals surface area contributed by atoms with Crippen molar-refractivity contribution < 1.29 is 23.9 Å². The van der Waals surface area contributed by atoms with Crippen LogP contribution in [0.15, 0.2) is 72.8 Å². The van der Waals surface area contributed by atoms with Crippen LogP contribution in [0, 0.1) is 0 Å². The SMILES string of the molecule is COc1ccc(CNC(=O)CNC(=O)c2cccc(CN3C(=O)c4ccccc4C3=O)c2)cc1. The number of fused-ring (bicyclic) bond motifs is 1. The van der Waals surface area contributed by atoms with E-state index in [0.29, 0.717) is 28.8 Å². The molecular weight excluding hydrogens is 434 g/mol. The number of methoxy groups -OCH3 is 1. The Morgan fingerprint density at radius 2 is 1.50 bits per heavy atom. The van der Waals surface area contributed by atoms with Gasteiger partial charge in [-0.15, -0.1) is 0 Å². The number of ether oxygens (including phenoxy) is 1. The lowest BCUT2D eigenvalue weighted by Gasteiger charge is -2.14. The molecule has 0 fully saturated rings. The van der Waals surface area contributed by atoms with Crippen LogP contribution in [0.5, 0.6) is 5.75 Å². The molecule has 0 aromatic heterocycles. The summed E-state index contributed by atoms with van der Waals surface area (Å²) in [4.78, 5) is 51.0. The average molecular weight is 457 g/mol. The maximum Gasteiger partial charge on any atom is 0.261 e. The van der Waals surface area contributed by atoms with Gasteiger partial charge < -0.3 is 15.4 Å². The Balaban J connectivity index is 1.31. The van der Waals surface area contributed by atoms with Crippen LogP contribution in [0.1, 0.15) is 42.2 Å². The van der Waals surface area contributed by atoms with E-state index in [1.165, 1.54) is 0 Å². The zero-order valence-electron chi connectivity index (χ0n) is 18.5. The Morgan fingerprint density at radius 3 is 2.15 bits per heavy atom. The molecule has 0 spiro atoms. The number of carbonyl (C=O) groups is 4. The molecule has 0 aliphatic carbocycles. The van der Waals surface area contributed by atoms with Gasteiger partial charge in [-0.1, -0.05) is 36.4 Å². The Labute approximate surface area is 196 Å². The summed E-state index contributed by atoms with van der Waals surface area (Å²) >= 11 is 0. The number of amides is 4. The lowest BCUT2D eigenvalue weighted by atomic mass is 10.1. The van der Waals surface area contributed by atoms with Gasteiger partial charge in [-0.25, -0.2) is 0 Å². The number of nitrogens with one attached hydrogen (secondary N) is 2. The summed E-state index contributed by atoms with van der Waals surface area (Å²) in [6.07, 6.45) is 0. The molecule has 8 nitrogen and oxygen atoms in total. The first-order chi connectivity index (χ1) is 16.5. The third-order valence-electron chi connectivity index (χ3n) is 5.47. The molecule has 0 saturated heterocycles. The van der Waals surface area contributed by atoms with Gasteiger partial charge >= 0.3 is 0 Å². The molecule has 1 heterocycles. The van der Waals surface area contributed by atoms with Crippen LogP contribution in [0.4, 0.5) is 0 Å². The van der Waals surface area contributed by atoms with Crippen LogP contribution in [0.2, 0.25) is 0 Å². The molecule has 3 aromatic rings. The van der Waals surface area contributed by atoms with Crippen molar-refractivity contribution in [1.82, 2.24) is 15.5 Å². The Morgan fingerprint density at radius 1 is 0.824 bits per heavy atom. The highest BCUT2D eigenvalue weighted by Crippen LogP contribution is 2.24. The zero-order valence-corrected chi connectivity index (χ0v) is 18.5. The Kier molecular flexibility index (Phi) is 6.68. The largest absolute Gasteiger partial charge is 0.497 e. The lowest BCUT2D eigenvalue weighted by molar-refractivity contribution is -0.120. The molecule has 172 valence electrons. The summed E-state index contributed by atoms with van der Waals surface area (Å²) in [5, 5.41) is 5.33. The first-order valence-electron chi connectivity index (χ1n) is 10.7. The first-order valence-corrected chi connectivity index (χ1v) is 10.7. The second-order valence-corrected chi connectivity index (χ2v) is 7.75. The first kappa shape index (κ1) is 22.7. The van der Waals surface area contributed by atoms with Gasteiger partial charge in [-0.3, -0.25) is 24.1 Å². The van der Waals surface area contributed by atoms with Crippen LogP contribution in [-0.2, 0) is 17.9 Å². The Bertz CT molecular complexity index is 1220. The number of hydrogen-bond acceptors (Lipinski definition) is 5. The average Bonchev–Trinajstić information content (AvgIpc) is 3.11. The van der Waals surface area contributed by atoms with E-state index in [-0.39, 0.29) is 30.8 Å². The highest BCUT2D eigenvalue weighted by Gasteiger charge is 2.34. The van der Waals surface area contributed by atoms with Crippen molar-refractivity contribution >= 4 is 23.6 Å². The second-order valence-electron chi connectivity index (χ2n) is 7.75. The van der Waals surface area contributed by atoms with E-state index < -0.39 is 5.91 Å². The summed E-state index contributed by atoms with van der Waals surface area (Å²) in [6, 6.07) is 20.6. The van der Waals surface area contributed by atoms with Crippen molar-refractivity contribution in [3.8, 4) is 5.75 Å². The van der Waals surface area contributed by atoms with Crippen LogP contribution in [0.3, 0.4) is 0 Å². The van der Waals surface area contributed by atoms with Gasteiger partial charge in [0.15, 0.2) is 0 Å². The third kappa shape index (κ3) is 4.96. The van der Waals surface area contributed by atoms with Crippen LogP contribution < -0.4 is 15.4 Å². The molecule has 2 N–H and O–H groups in total. The zero-order chi connectivity index (χ0) is 24.1. The number of rotatable bonds is 8. The minimum Gasteiger partial charge on any atom is -0.497 e. The molecular formula is C26H23N3O5. The van der Waals surface area contributed by atoms with Crippen molar-refractivity contribution in [3.63, 3.8) is 0 Å². The molecule has 0 unspecified atom stereocenters. The molecule has 0 atom stereocenters. The molecule has 1 aliphatic rings. The summed E-state index contributed by atoms with van der Waals surface area (Å²) < 4.78 is 5.10. The maximum absolute atomic E-state index is 12.6. The quantitative estimate of drug-likeness (QED) is 0.506. The fourth-order valence-electron chi connectivity index (χ4n) is 3.65. The van der Waals surface area contributed by atoms with Crippen molar-refractivity contribution in [3.05, 3.63) is 101 Å². The number of hydrogen-bond donors (Lipinski definition) is 2. The standard InChI is InChI=1S/C26H23N3O5/c1-34-20-11-9-17(10-12-20)14-27-23(30)15-28-24(31)19-6-4-5-18(13-19)16-29-25(32)21-7-2-3-8-22(21)26(29)33/h2-13H,14-16H2,1H3,(H,27,30)(H,28,31). The van der Waals surface area contributed by atoms with Gasteiger partial charge in [0.2, 0.25) is 5.91 Å². The highest BCUT2D eigenvalue weighted by molar-refractivity contribution is 6.21. The molecule has 1 aliphatic heterocycles. The molecule has 0 bridgehead atoms. The highest BCUT2D eigenvalue weighted by atomic mass is 16.5. The van der Waals surface area contributed by atoms with E-state index in [0.717, 1.165) is 16.2 Å². The van der Waals surface area contributed by atoms with Crippen molar-refractivity contribution in [1.29, 1.82) is 0 Å². The van der Waals surface area contributed by atoms with E-state index in [2.05, 4.69) is 10.6 Å². The summed E-state index contributed by atoms with van der Waals surface area (Å²) in [5.74, 6) is -0.740. The fraction of sp³-hybridized carbons (Fsp3) is 0.154. The molecule has 34 heavy (non-hydrogen) atoms. The molecule has 4 rings (SSSR count). The van der Waals surface area contributed by atoms with Gasteiger partial charge in [-0.2, -0.15) is 0 Å². The van der Waals surface area contributed by atoms with E-state index in [9.17, 15) is 19.2 Å². The van der Waals surface area contributed by atoms with Gasteiger partial charge in [0.25, 0.3) is 17.7 Å². The smallest absolute Gasteiger partial charge is 0.261 e. The Hall–Kier alpha value is -4.46. The molecule has 4 amide bonds. The normalized spacial score (nSPS) is 12.3. The lowest BCUT2D eigenvalue weighted by Crippen LogP contribution is -2.36. The van der Waals surface area contributed by atoms with Crippen molar-refractivity contribution in [2.45, 2.75) is 13.1 Å². The predicted molar refractivity (Wildman–Crippen MR) is 124 cm³/mol. The minimum atomic E-state index is -0.427. The summed E-state index contributed by atoms with van der Waals surface area (Å²) in [6.45, 7) is 0.196. The maximum atomic E-state index is 12.6. The number of imide groups is 1. The van der Waals surface area contributed by atoms with E-state index >= 15 is 0 Å². The summed E-state index contributed by atoms with van der Waals surface area (Å²) in [5.41, 5.74) is 2.62. The predicted octanol–water partition coefficient (Wildman–Crippen LogP) is 2.54. The van der Waals surface area contributed by atoms with Crippen LogP contribution in [0.25, 0.3) is 0 Å². The van der Waals surface area contributed by atoms with Crippen LogP contribution >= 0.6 is 0 Å². The molecule has 0 saturated carbocycles. The van der Waals surface area contributed by atoms with Crippen LogP contribution in [-0.4, -0.2) is 42.2 Å². The van der Waals surface area contributed by atoms with Crippen molar-refractivity contribution in [2.24, 2.45) is 0 Å². The fourth-order valence-corrected chi connectivity index (χ4v) is 3.65. The van der Waals surface area contributed by atoms with Gasteiger partial charge in [-0.05, 0) is 47.5 Å².